The van der Waals surface area contributed by atoms with Crippen molar-refractivity contribution in [3.63, 3.8) is 0 Å². The second-order valence-corrected chi connectivity index (χ2v) is 3.65. The van der Waals surface area contributed by atoms with Crippen LogP contribution in [0.2, 0.25) is 5.02 Å². The predicted molar refractivity (Wildman–Crippen MR) is 62.4 cm³/mol. The topological polar surface area (TPSA) is 67.8 Å². The highest BCUT2D eigenvalue weighted by molar-refractivity contribution is 6.33. The van der Waals surface area contributed by atoms with Gasteiger partial charge in [-0.05, 0) is 12.1 Å². The van der Waals surface area contributed by atoms with Crippen LogP contribution >= 0.6 is 11.6 Å². The molecule has 2 aromatic rings. The summed E-state index contributed by atoms with van der Waals surface area (Å²) >= 11 is 5.85. The van der Waals surface area contributed by atoms with Gasteiger partial charge in [-0.15, -0.1) is 0 Å². The van der Waals surface area contributed by atoms with E-state index in [4.69, 9.17) is 11.6 Å². The van der Waals surface area contributed by atoms with Gasteiger partial charge in [0.1, 0.15) is 6.33 Å². The smallest absolute Gasteiger partial charge is 0.253 e. The number of hydrogen-bond acceptors (Lipinski definition) is 4. The normalized spacial score (nSPS) is 9.94. The maximum Gasteiger partial charge on any atom is 0.253 e. The fourth-order valence-electron chi connectivity index (χ4n) is 1.25. The summed E-state index contributed by atoms with van der Waals surface area (Å²) in [5.41, 5.74) is 1.13. The molecule has 0 spiro atoms. The molecule has 0 radical (unpaired) electrons. The van der Waals surface area contributed by atoms with Gasteiger partial charge in [0.15, 0.2) is 0 Å². The first-order valence-corrected chi connectivity index (χ1v) is 5.28. The molecule has 0 unspecified atom stereocenters. The Morgan fingerprint density at radius 2 is 2.12 bits per heavy atom. The second kappa shape index (κ2) is 5.36. The van der Waals surface area contributed by atoms with Crippen LogP contribution in [0.5, 0.6) is 0 Å². The SMILES string of the molecule is O=C(NCc1ccncn1)c1ccncc1Cl. The molecular formula is C11H9ClN4O. The third kappa shape index (κ3) is 2.98. The predicted octanol–water partition coefficient (Wildman–Crippen LogP) is 1.46. The molecule has 86 valence electrons. The van der Waals surface area contributed by atoms with Crippen molar-refractivity contribution in [2.45, 2.75) is 6.54 Å². The van der Waals surface area contributed by atoms with E-state index in [1.54, 1.807) is 18.3 Å². The Bertz CT molecular complexity index is 518. The largest absolute Gasteiger partial charge is 0.346 e. The first-order valence-electron chi connectivity index (χ1n) is 4.90. The van der Waals surface area contributed by atoms with Crippen molar-refractivity contribution in [2.75, 3.05) is 0 Å². The lowest BCUT2D eigenvalue weighted by Crippen LogP contribution is -2.23. The molecule has 0 fully saturated rings. The number of carbonyl (C=O) groups excluding carboxylic acids is 1. The van der Waals surface area contributed by atoms with Gasteiger partial charge in [-0.1, -0.05) is 11.6 Å². The minimum absolute atomic E-state index is 0.254. The zero-order valence-electron chi connectivity index (χ0n) is 8.80. The van der Waals surface area contributed by atoms with Gasteiger partial charge < -0.3 is 5.32 Å². The monoisotopic (exact) mass is 248 g/mol. The minimum atomic E-state index is -0.254. The molecule has 0 aromatic carbocycles. The summed E-state index contributed by atoms with van der Waals surface area (Å²) in [6, 6.07) is 3.30. The zero-order chi connectivity index (χ0) is 12.1. The van der Waals surface area contributed by atoms with Gasteiger partial charge in [0.2, 0.25) is 0 Å². The molecule has 0 aliphatic rings. The van der Waals surface area contributed by atoms with Crippen LogP contribution in [0, 0.1) is 0 Å². The molecule has 0 saturated carbocycles. The van der Waals surface area contributed by atoms with Crippen LogP contribution in [0.25, 0.3) is 0 Å². The number of nitrogens with zero attached hydrogens (tertiary/aromatic N) is 3. The number of nitrogens with one attached hydrogen (secondary N) is 1. The van der Waals surface area contributed by atoms with Crippen molar-refractivity contribution in [1.82, 2.24) is 20.3 Å². The third-order valence-electron chi connectivity index (χ3n) is 2.09. The average Bonchev–Trinajstić information content (AvgIpc) is 2.38. The molecule has 0 aliphatic carbocycles. The summed E-state index contributed by atoms with van der Waals surface area (Å²) in [7, 11) is 0. The Hall–Kier alpha value is -2.01. The summed E-state index contributed by atoms with van der Waals surface area (Å²) in [6.07, 6.45) is 6.00. The van der Waals surface area contributed by atoms with Crippen molar-refractivity contribution in [3.05, 3.63) is 53.3 Å². The van der Waals surface area contributed by atoms with Crippen molar-refractivity contribution in [3.8, 4) is 0 Å². The molecule has 0 saturated heterocycles. The van der Waals surface area contributed by atoms with Crippen LogP contribution in [0.4, 0.5) is 0 Å². The fraction of sp³-hybridized carbons (Fsp3) is 0.0909. The second-order valence-electron chi connectivity index (χ2n) is 3.24. The van der Waals surface area contributed by atoms with Crippen LogP contribution in [-0.4, -0.2) is 20.9 Å². The van der Waals surface area contributed by atoms with E-state index in [1.807, 2.05) is 0 Å². The highest BCUT2D eigenvalue weighted by Gasteiger charge is 2.09. The zero-order valence-corrected chi connectivity index (χ0v) is 9.55. The molecule has 1 amide bonds. The van der Waals surface area contributed by atoms with E-state index in [9.17, 15) is 4.79 Å². The van der Waals surface area contributed by atoms with Crippen molar-refractivity contribution < 1.29 is 4.79 Å². The molecule has 2 rings (SSSR count). The lowest BCUT2D eigenvalue weighted by Gasteiger charge is -2.05. The van der Waals surface area contributed by atoms with Crippen LogP contribution in [0.1, 0.15) is 16.1 Å². The van der Waals surface area contributed by atoms with Crippen LogP contribution in [0.3, 0.4) is 0 Å². The molecule has 0 aliphatic heterocycles. The number of aromatic nitrogens is 3. The Morgan fingerprint density at radius 3 is 2.82 bits per heavy atom. The quantitative estimate of drug-likeness (QED) is 0.893. The van der Waals surface area contributed by atoms with Crippen molar-refractivity contribution in [1.29, 1.82) is 0 Å². The third-order valence-corrected chi connectivity index (χ3v) is 2.39. The van der Waals surface area contributed by atoms with Gasteiger partial charge in [0.05, 0.1) is 22.8 Å². The van der Waals surface area contributed by atoms with E-state index in [1.165, 1.54) is 18.7 Å². The highest BCUT2D eigenvalue weighted by Crippen LogP contribution is 2.12. The Balaban J connectivity index is 2.01. The summed E-state index contributed by atoms with van der Waals surface area (Å²) in [5.74, 6) is -0.254. The van der Waals surface area contributed by atoms with E-state index in [2.05, 4.69) is 20.3 Å². The molecule has 5 nitrogen and oxygen atoms in total. The average molecular weight is 249 g/mol. The number of halogens is 1. The van der Waals surface area contributed by atoms with Gasteiger partial charge in [0, 0.05) is 18.6 Å². The van der Waals surface area contributed by atoms with Gasteiger partial charge in [-0.2, -0.15) is 0 Å². The van der Waals surface area contributed by atoms with Gasteiger partial charge in [-0.25, -0.2) is 9.97 Å². The van der Waals surface area contributed by atoms with Gasteiger partial charge in [-0.3, -0.25) is 9.78 Å². The molecule has 6 heteroatoms. The summed E-state index contributed by atoms with van der Waals surface area (Å²) in [6.45, 7) is 0.333. The number of amides is 1. The standard InChI is InChI=1S/C11H9ClN4O/c12-10-6-13-4-2-9(10)11(17)15-5-8-1-3-14-7-16-8/h1-4,6-7H,5H2,(H,15,17). The lowest BCUT2D eigenvalue weighted by molar-refractivity contribution is 0.0950. The van der Waals surface area contributed by atoms with Crippen LogP contribution in [-0.2, 0) is 6.54 Å². The lowest BCUT2D eigenvalue weighted by atomic mass is 10.2. The fourth-order valence-corrected chi connectivity index (χ4v) is 1.45. The number of pyridine rings is 1. The van der Waals surface area contributed by atoms with E-state index >= 15 is 0 Å². The van der Waals surface area contributed by atoms with Gasteiger partial charge in [0.25, 0.3) is 5.91 Å². The minimum Gasteiger partial charge on any atom is -0.346 e. The molecule has 1 N–H and O–H groups in total. The summed E-state index contributed by atoms with van der Waals surface area (Å²) in [4.78, 5) is 23.4. The highest BCUT2D eigenvalue weighted by atomic mass is 35.5. The molecule has 2 aromatic heterocycles. The molecule has 17 heavy (non-hydrogen) atoms. The van der Waals surface area contributed by atoms with Crippen LogP contribution < -0.4 is 5.32 Å². The van der Waals surface area contributed by atoms with E-state index in [0.717, 1.165) is 5.69 Å². The van der Waals surface area contributed by atoms with Gasteiger partial charge >= 0.3 is 0 Å². The molecule has 0 bridgehead atoms. The number of hydrogen-bond donors (Lipinski definition) is 1. The first kappa shape index (κ1) is 11.5. The summed E-state index contributed by atoms with van der Waals surface area (Å²) in [5, 5.41) is 3.04. The Kier molecular flexibility index (Phi) is 3.62. The number of rotatable bonds is 3. The van der Waals surface area contributed by atoms with E-state index in [0.29, 0.717) is 17.1 Å². The molecular weight excluding hydrogens is 240 g/mol. The Labute approximate surface area is 103 Å². The van der Waals surface area contributed by atoms with Crippen LogP contribution in [0.15, 0.2) is 37.1 Å². The maximum atomic E-state index is 11.8. The van der Waals surface area contributed by atoms with E-state index < -0.39 is 0 Å². The summed E-state index contributed by atoms with van der Waals surface area (Å²) < 4.78 is 0. The molecule has 2 heterocycles. The first-order chi connectivity index (χ1) is 8.27. The Morgan fingerprint density at radius 1 is 1.29 bits per heavy atom. The number of carbonyl (C=O) groups is 1. The molecule has 0 atom stereocenters. The maximum absolute atomic E-state index is 11.8. The van der Waals surface area contributed by atoms with Crippen molar-refractivity contribution in [2.24, 2.45) is 0 Å². The van der Waals surface area contributed by atoms with Crippen molar-refractivity contribution >= 4 is 17.5 Å². The van der Waals surface area contributed by atoms with E-state index in [-0.39, 0.29) is 5.91 Å².